The molecular formula is C43H46N6O7S2. The van der Waals surface area contributed by atoms with E-state index in [4.69, 9.17) is 9.47 Å². The Morgan fingerprint density at radius 1 is 0.879 bits per heavy atom. The summed E-state index contributed by atoms with van der Waals surface area (Å²) in [6, 6.07) is 34.6. The zero-order valence-electron chi connectivity index (χ0n) is 32.4. The van der Waals surface area contributed by atoms with E-state index in [1.807, 2.05) is 67.5 Å². The maximum absolute atomic E-state index is 13.4. The summed E-state index contributed by atoms with van der Waals surface area (Å²) in [6.45, 7) is 4.99. The Balaban J connectivity index is 0.952. The maximum atomic E-state index is 13.4. The van der Waals surface area contributed by atoms with Crippen LogP contribution in [0, 0.1) is 10.1 Å². The molecule has 15 heteroatoms. The number of anilines is 2. The number of ether oxygens (including phenoxy) is 2. The van der Waals surface area contributed by atoms with Crippen molar-refractivity contribution in [2.45, 2.75) is 28.8 Å². The monoisotopic (exact) mass is 822 g/mol. The predicted molar refractivity (Wildman–Crippen MR) is 227 cm³/mol. The minimum absolute atomic E-state index is 0.143. The van der Waals surface area contributed by atoms with Gasteiger partial charge in [0, 0.05) is 66.7 Å². The smallest absolute Gasteiger partial charge is 0.293 e. The molecule has 0 radical (unpaired) electrons. The van der Waals surface area contributed by atoms with Crippen LogP contribution >= 0.6 is 11.8 Å². The van der Waals surface area contributed by atoms with E-state index >= 15 is 0 Å². The molecule has 2 heterocycles. The highest BCUT2D eigenvalue weighted by Gasteiger charge is 2.26. The number of hydrogen-bond donors (Lipinski definition) is 2. The van der Waals surface area contributed by atoms with Crippen LogP contribution < -0.4 is 24.4 Å². The molecule has 1 amide bonds. The second-order valence-electron chi connectivity index (χ2n) is 14.5. The Hall–Kier alpha value is -5.61. The number of carbonyl (C=O) groups excluding carboxylic acids is 1. The van der Waals surface area contributed by atoms with Gasteiger partial charge in [-0.25, -0.2) is 13.1 Å². The van der Waals surface area contributed by atoms with Crippen molar-refractivity contribution in [3.8, 4) is 22.6 Å². The van der Waals surface area contributed by atoms with E-state index < -0.39 is 26.5 Å². The van der Waals surface area contributed by atoms with E-state index in [0.29, 0.717) is 12.2 Å². The lowest BCUT2D eigenvalue weighted by Gasteiger charge is -2.36. The molecule has 1 atom stereocenters. The van der Waals surface area contributed by atoms with Crippen LogP contribution in [0.3, 0.4) is 0 Å². The molecule has 0 unspecified atom stereocenters. The van der Waals surface area contributed by atoms with E-state index in [1.165, 1.54) is 17.7 Å². The van der Waals surface area contributed by atoms with Gasteiger partial charge < -0.3 is 24.6 Å². The topological polar surface area (TPSA) is 147 Å². The van der Waals surface area contributed by atoms with Gasteiger partial charge in [-0.15, -0.1) is 11.8 Å². The van der Waals surface area contributed by atoms with Crippen molar-refractivity contribution in [1.29, 1.82) is 0 Å². The fourth-order valence-electron chi connectivity index (χ4n) is 6.97. The first kappa shape index (κ1) is 40.6. The van der Waals surface area contributed by atoms with E-state index in [-0.39, 0.29) is 29.0 Å². The Morgan fingerprint density at radius 2 is 1.60 bits per heavy atom. The van der Waals surface area contributed by atoms with E-state index in [2.05, 4.69) is 44.1 Å². The molecule has 302 valence electrons. The van der Waals surface area contributed by atoms with Crippen LogP contribution in [-0.2, 0) is 16.6 Å². The van der Waals surface area contributed by atoms with Gasteiger partial charge in [-0.1, -0.05) is 48.5 Å². The highest BCUT2D eigenvalue weighted by atomic mass is 32.2. The van der Waals surface area contributed by atoms with Gasteiger partial charge in [-0.05, 0) is 104 Å². The van der Waals surface area contributed by atoms with Gasteiger partial charge in [0.05, 0.1) is 9.82 Å². The van der Waals surface area contributed by atoms with Crippen LogP contribution in [0.15, 0.2) is 125 Å². The lowest BCUT2D eigenvalue weighted by atomic mass is 9.98. The van der Waals surface area contributed by atoms with E-state index in [0.717, 1.165) is 78.5 Å². The van der Waals surface area contributed by atoms with E-state index in [9.17, 15) is 23.3 Å². The Morgan fingerprint density at radius 3 is 2.34 bits per heavy atom. The Kier molecular flexibility index (Phi) is 12.8. The average Bonchev–Trinajstić information content (AvgIpc) is 3.71. The Labute approximate surface area is 343 Å². The minimum atomic E-state index is -4.43. The predicted octanol–water partition coefficient (Wildman–Crippen LogP) is 6.96. The van der Waals surface area contributed by atoms with Gasteiger partial charge in [0.1, 0.15) is 5.69 Å². The highest BCUT2D eigenvalue weighted by Crippen LogP contribution is 2.37. The van der Waals surface area contributed by atoms with Crippen LogP contribution in [0.4, 0.5) is 17.1 Å². The fraction of sp³-hybridized carbons (Fsp3) is 0.279. The minimum Gasteiger partial charge on any atom is -0.454 e. The summed E-state index contributed by atoms with van der Waals surface area (Å²) >= 11 is 1.63. The van der Waals surface area contributed by atoms with Crippen molar-refractivity contribution in [2.24, 2.45) is 0 Å². The van der Waals surface area contributed by atoms with Gasteiger partial charge in [0.2, 0.25) is 6.79 Å². The third-order valence-electron chi connectivity index (χ3n) is 10.1. The second kappa shape index (κ2) is 18.3. The molecule has 0 aromatic heterocycles. The molecule has 1 saturated heterocycles. The van der Waals surface area contributed by atoms with Crippen LogP contribution in [0.25, 0.3) is 11.1 Å². The number of nitro groups is 1. The van der Waals surface area contributed by atoms with Gasteiger partial charge >= 0.3 is 0 Å². The fourth-order valence-corrected chi connectivity index (χ4v) is 8.96. The average molecular weight is 823 g/mol. The van der Waals surface area contributed by atoms with Crippen molar-refractivity contribution in [1.82, 2.24) is 14.5 Å². The number of piperazine rings is 1. The molecule has 5 aromatic rings. The van der Waals surface area contributed by atoms with Crippen molar-refractivity contribution < 1.29 is 27.6 Å². The van der Waals surface area contributed by atoms with Gasteiger partial charge in [-0.3, -0.25) is 19.8 Å². The lowest BCUT2D eigenvalue weighted by molar-refractivity contribution is -0.384. The third-order valence-corrected chi connectivity index (χ3v) is 12.6. The summed E-state index contributed by atoms with van der Waals surface area (Å²) < 4.78 is 39.9. The van der Waals surface area contributed by atoms with Crippen LogP contribution in [-0.4, -0.2) is 94.5 Å². The number of carbonyl (C=O) groups is 1. The third kappa shape index (κ3) is 10.1. The molecule has 2 aliphatic rings. The first-order chi connectivity index (χ1) is 28.0. The summed E-state index contributed by atoms with van der Waals surface area (Å²) in [5, 5.41) is 15.5. The number of hydrogen-bond acceptors (Lipinski definition) is 12. The zero-order chi connectivity index (χ0) is 40.6. The second-order valence-corrected chi connectivity index (χ2v) is 17.2. The summed E-state index contributed by atoms with van der Waals surface area (Å²) in [7, 11) is -0.516. The number of nitrogens with one attached hydrogen (secondary N) is 2. The highest BCUT2D eigenvalue weighted by molar-refractivity contribution is 7.99. The maximum Gasteiger partial charge on any atom is 0.293 e. The molecule has 0 aliphatic carbocycles. The van der Waals surface area contributed by atoms with Crippen molar-refractivity contribution in [3.05, 3.63) is 137 Å². The molecule has 2 aliphatic heterocycles. The summed E-state index contributed by atoms with van der Waals surface area (Å²) in [6.07, 6.45) is 0.703. The molecule has 2 N–H and O–H groups in total. The summed E-state index contributed by atoms with van der Waals surface area (Å²) in [5.74, 6) is 1.32. The molecule has 58 heavy (non-hydrogen) atoms. The van der Waals surface area contributed by atoms with Crippen LogP contribution in [0.2, 0.25) is 0 Å². The van der Waals surface area contributed by atoms with Crippen molar-refractivity contribution in [3.63, 3.8) is 0 Å². The molecule has 13 nitrogen and oxygen atoms in total. The Bertz CT molecular complexity index is 2340. The number of thioether (sulfide) groups is 1. The zero-order valence-corrected chi connectivity index (χ0v) is 34.0. The number of nitrogens with zero attached hydrogens (tertiary/aromatic N) is 4. The van der Waals surface area contributed by atoms with Crippen LogP contribution in [0.5, 0.6) is 11.5 Å². The molecule has 7 rings (SSSR count). The standard InChI is InChI=1S/C43H46N6O7S2/c1-46(2)21-20-34(29-57-36-9-4-3-5-10-36)44-39-18-17-37(27-40(39)49(51)52)58(53,54)45-43(50)31-12-15-35(16-13-31)48-24-22-47(23-25-48)28-33-8-6-7-11-38(33)32-14-19-41-42(26-32)56-30-55-41/h3-19,26-27,34,44H,20-25,28-30H2,1-2H3,(H,45,50)/t34-/m1/s1. The van der Waals surface area contributed by atoms with Crippen LogP contribution in [0.1, 0.15) is 22.3 Å². The number of sulfonamides is 1. The SMILES string of the molecule is CN(C)CC[C@H](CSc1ccccc1)Nc1ccc(S(=O)(=O)NC(=O)c2ccc(N3CCN(Cc4ccccc4-c4ccc5c(c4)OCO5)CC3)cc2)cc1[N+](=O)[O-]. The lowest BCUT2D eigenvalue weighted by Crippen LogP contribution is -2.46. The number of amides is 1. The molecular weight excluding hydrogens is 777 g/mol. The molecule has 0 spiro atoms. The number of nitro benzene ring substituents is 1. The molecule has 0 saturated carbocycles. The quantitative estimate of drug-likeness (QED) is 0.0603. The number of rotatable bonds is 16. The molecule has 0 bridgehead atoms. The van der Waals surface area contributed by atoms with Gasteiger partial charge in [0.25, 0.3) is 21.6 Å². The summed E-state index contributed by atoms with van der Waals surface area (Å²) in [4.78, 5) is 32.1. The first-order valence-electron chi connectivity index (χ1n) is 19.0. The molecule has 5 aromatic carbocycles. The normalized spacial score (nSPS) is 14.6. The van der Waals surface area contributed by atoms with Gasteiger partial charge in [-0.2, -0.15) is 0 Å². The van der Waals surface area contributed by atoms with Gasteiger partial charge in [0.15, 0.2) is 11.5 Å². The van der Waals surface area contributed by atoms with Crippen molar-refractivity contribution in [2.75, 3.05) is 69.6 Å². The van der Waals surface area contributed by atoms with Crippen molar-refractivity contribution >= 4 is 44.8 Å². The molecule has 1 fully saturated rings. The van der Waals surface area contributed by atoms with E-state index in [1.54, 1.807) is 36.0 Å². The number of benzene rings is 5. The summed E-state index contributed by atoms with van der Waals surface area (Å²) in [5.41, 5.74) is 4.34. The number of fused-ring (bicyclic) bond motifs is 1. The largest absolute Gasteiger partial charge is 0.454 e. The first-order valence-corrected chi connectivity index (χ1v) is 21.5.